The number of nitrogens with zero attached hydrogens (tertiary/aromatic N) is 2. The molecule has 0 bridgehead atoms. The van der Waals surface area contributed by atoms with Gasteiger partial charge in [-0.1, -0.05) is 12.1 Å². The van der Waals surface area contributed by atoms with Crippen LogP contribution < -0.4 is 5.73 Å². The lowest BCUT2D eigenvalue weighted by molar-refractivity contribution is 0.0683. The van der Waals surface area contributed by atoms with Crippen LogP contribution in [0.15, 0.2) is 4.52 Å². The second kappa shape index (κ2) is 5.07. The summed E-state index contributed by atoms with van der Waals surface area (Å²) in [6.45, 7) is 6.41. The lowest BCUT2D eigenvalue weighted by Crippen LogP contribution is -2.09. The van der Waals surface area contributed by atoms with Crippen molar-refractivity contribution in [1.29, 1.82) is 0 Å². The molecule has 0 fully saturated rings. The van der Waals surface area contributed by atoms with Gasteiger partial charge in [0.15, 0.2) is 5.82 Å². The fourth-order valence-electron chi connectivity index (χ4n) is 1.06. The predicted octanol–water partition coefficient (Wildman–Crippen LogP) is 1.58. The number of ether oxygens (including phenoxy) is 1. The molecule has 0 amide bonds. The minimum absolute atomic E-state index is 0.137. The van der Waals surface area contributed by atoms with Gasteiger partial charge in [-0.25, -0.2) is 0 Å². The maximum absolute atomic E-state index is 5.74. The first kappa shape index (κ1) is 11.1. The zero-order valence-electron chi connectivity index (χ0n) is 8.86. The standard InChI is InChI=1S/C9H17N3O2/c1-4-7(10)9-11-8(12-14-9)6(3)13-5-2/h6-7H,4-5,10H2,1-3H3/t6?,7-/m0/s1. The van der Waals surface area contributed by atoms with Crippen molar-refractivity contribution in [3.05, 3.63) is 11.7 Å². The molecular weight excluding hydrogens is 182 g/mol. The van der Waals surface area contributed by atoms with Gasteiger partial charge in [0, 0.05) is 6.61 Å². The summed E-state index contributed by atoms with van der Waals surface area (Å²) in [5.41, 5.74) is 5.74. The summed E-state index contributed by atoms with van der Waals surface area (Å²) >= 11 is 0. The van der Waals surface area contributed by atoms with E-state index in [4.69, 9.17) is 15.0 Å². The molecule has 2 atom stereocenters. The molecule has 0 saturated heterocycles. The number of hydrogen-bond donors (Lipinski definition) is 1. The van der Waals surface area contributed by atoms with Gasteiger partial charge in [-0.05, 0) is 20.3 Å². The highest BCUT2D eigenvalue weighted by atomic mass is 16.5. The first-order chi connectivity index (χ1) is 6.69. The quantitative estimate of drug-likeness (QED) is 0.779. The molecule has 1 heterocycles. The normalized spacial score (nSPS) is 15.4. The third-order valence-electron chi connectivity index (χ3n) is 1.99. The van der Waals surface area contributed by atoms with Crippen LogP contribution in [0.2, 0.25) is 0 Å². The summed E-state index contributed by atoms with van der Waals surface area (Å²) in [5, 5.41) is 3.81. The first-order valence-electron chi connectivity index (χ1n) is 4.89. The van der Waals surface area contributed by atoms with Crippen LogP contribution in [0.25, 0.3) is 0 Å². The van der Waals surface area contributed by atoms with E-state index in [1.54, 1.807) is 0 Å². The highest BCUT2D eigenvalue weighted by molar-refractivity contribution is 4.93. The highest BCUT2D eigenvalue weighted by Crippen LogP contribution is 2.16. The van der Waals surface area contributed by atoms with Gasteiger partial charge in [-0.15, -0.1) is 0 Å². The molecule has 5 nitrogen and oxygen atoms in total. The van der Waals surface area contributed by atoms with E-state index in [9.17, 15) is 0 Å². The van der Waals surface area contributed by atoms with Crippen molar-refractivity contribution in [2.75, 3.05) is 6.61 Å². The molecule has 0 aliphatic heterocycles. The van der Waals surface area contributed by atoms with E-state index in [-0.39, 0.29) is 12.1 Å². The third-order valence-corrected chi connectivity index (χ3v) is 1.99. The minimum atomic E-state index is -0.176. The van der Waals surface area contributed by atoms with Gasteiger partial charge in [-0.3, -0.25) is 0 Å². The Labute approximate surface area is 83.6 Å². The largest absolute Gasteiger partial charge is 0.371 e. The Balaban J connectivity index is 2.67. The van der Waals surface area contributed by atoms with Gasteiger partial charge in [-0.2, -0.15) is 4.98 Å². The topological polar surface area (TPSA) is 74.2 Å². The average Bonchev–Trinajstić information content (AvgIpc) is 2.66. The molecule has 0 aliphatic carbocycles. The number of aromatic nitrogens is 2. The minimum Gasteiger partial charge on any atom is -0.371 e. The summed E-state index contributed by atoms with van der Waals surface area (Å²) < 4.78 is 10.3. The third kappa shape index (κ3) is 2.52. The molecule has 1 aromatic heterocycles. The molecule has 14 heavy (non-hydrogen) atoms. The molecule has 0 spiro atoms. The zero-order chi connectivity index (χ0) is 10.6. The summed E-state index contributed by atoms with van der Waals surface area (Å²) in [4.78, 5) is 4.17. The molecule has 1 aromatic rings. The van der Waals surface area contributed by atoms with E-state index in [1.165, 1.54) is 0 Å². The Morgan fingerprint density at radius 3 is 2.79 bits per heavy atom. The Hall–Kier alpha value is -0.940. The Morgan fingerprint density at radius 1 is 1.50 bits per heavy atom. The molecule has 0 radical (unpaired) electrons. The molecule has 0 saturated carbocycles. The van der Waals surface area contributed by atoms with Gasteiger partial charge in [0.05, 0.1) is 6.04 Å². The Kier molecular flexibility index (Phi) is 4.03. The van der Waals surface area contributed by atoms with Crippen molar-refractivity contribution in [3.63, 3.8) is 0 Å². The first-order valence-corrected chi connectivity index (χ1v) is 4.89. The van der Waals surface area contributed by atoms with E-state index in [0.29, 0.717) is 18.3 Å². The predicted molar refractivity (Wildman–Crippen MR) is 51.6 cm³/mol. The summed E-state index contributed by atoms with van der Waals surface area (Å²) in [6.07, 6.45) is 0.645. The van der Waals surface area contributed by atoms with Crippen LogP contribution in [0.4, 0.5) is 0 Å². The number of rotatable bonds is 5. The van der Waals surface area contributed by atoms with Crippen molar-refractivity contribution in [2.24, 2.45) is 5.73 Å². The van der Waals surface area contributed by atoms with Crippen molar-refractivity contribution >= 4 is 0 Å². The second-order valence-electron chi connectivity index (χ2n) is 3.10. The summed E-state index contributed by atoms with van der Waals surface area (Å²) in [6, 6.07) is -0.176. The maximum Gasteiger partial charge on any atom is 0.243 e. The van der Waals surface area contributed by atoms with Gasteiger partial charge >= 0.3 is 0 Å². The van der Waals surface area contributed by atoms with E-state index >= 15 is 0 Å². The molecule has 80 valence electrons. The van der Waals surface area contributed by atoms with Crippen LogP contribution in [0, 0.1) is 0 Å². The summed E-state index contributed by atoms with van der Waals surface area (Å²) in [7, 11) is 0. The van der Waals surface area contributed by atoms with Crippen LogP contribution >= 0.6 is 0 Å². The molecule has 5 heteroatoms. The number of nitrogens with two attached hydrogens (primary N) is 1. The lowest BCUT2D eigenvalue weighted by Gasteiger charge is -2.05. The van der Waals surface area contributed by atoms with Gasteiger partial charge < -0.3 is 15.0 Å². The molecule has 1 rings (SSSR count). The second-order valence-corrected chi connectivity index (χ2v) is 3.10. The van der Waals surface area contributed by atoms with Crippen LogP contribution in [-0.4, -0.2) is 16.7 Å². The molecule has 1 unspecified atom stereocenters. The molecular formula is C9H17N3O2. The monoisotopic (exact) mass is 199 g/mol. The lowest BCUT2D eigenvalue weighted by atomic mass is 10.2. The Morgan fingerprint density at radius 2 is 2.21 bits per heavy atom. The Bertz CT molecular complexity index is 275. The zero-order valence-corrected chi connectivity index (χ0v) is 8.86. The van der Waals surface area contributed by atoms with Crippen LogP contribution in [0.5, 0.6) is 0 Å². The van der Waals surface area contributed by atoms with Crippen molar-refractivity contribution < 1.29 is 9.26 Å². The average molecular weight is 199 g/mol. The maximum atomic E-state index is 5.74. The van der Waals surface area contributed by atoms with Crippen LogP contribution in [0.1, 0.15) is 51.1 Å². The van der Waals surface area contributed by atoms with Gasteiger partial charge in [0.25, 0.3) is 0 Å². The fraction of sp³-hybridized carbons (Fsp3) is 0.778. The smallest absolute Gasteiger partial charge is 0.243 e. The van der Waals surface area contributed by atoms with E-state index < -0.39 is 0 Å². The van der Waals surface area contributed by atoms with Crippen molar-refractivity contribution in [3.8, 4) is 0 Å². The number of hydrogen-bond acceptors (Lipinski definition) is 5. The van der Waals surface area contributed by atoms with E-state index in [0.717, 1.165) is 6.42 Å². The SMILES string of the molecule is CCOC(C)c1noc([C@@H](N)CC)n1. The van der Waals surface area contributed by atoms with Gasteiger partial charge in [0.2, 0.25) is 5.89 Å². The summed E-state index contributed by atoms with van der Waals surface area (Å²) in [5.74, 6) is 1.04. The molecule has 0 aromatic carbocycles. The molecule has 2 N–H and O–H groups in total. The van der Waals surface area contributed by atoms with Gasteiger partial charge in [0.1, 0.15) is 6.10 Å². The van der Waals surface area contributed by atoms with E-state index in [1.807, 2.05) is 20.8 Å². The van der Waals surface area contributed by atoms with Crippen molar-refractivity contribution in [2.45, 2.75) is 39.3 Å². The van der Waals surface area contributed by atoms with Crippen LogP contribution in [-0.2, 0) is 4.74 Å². The molecule has 0 aliphatic rings. The van der Waals surface area contributed by atoms with E-state index in [2.05, 4.69) is 10.1 Å². The van der Waals surface area contributed by atoms with Crippen LogP contribution in [0.3, 0.4) is 0 Å². The fourth-order valence-corrected chi connectivity index (χ4v) is 1.06. The van der Waals surface area contributed by atoms with Crippen molar-refractivity contribution in [1.82, 2.24) is 10.1 Å². The highest BCUT2D eigenvalue weighted by Gasteiger charge is 2.16.